The summed E-state index contributed by atoms with van der Waals surface area (Å²) in [6.07, 6.45) is 17.0. The average molecular weight is 515 g/mol. The van der Waals surface area contributed by atoms with Gasteiger partial charge in [-0.1, -0.05) is 44.9 Å². The molecule has 0 bridgehead atoms. The Hall–Kier alpha value is -2.67. The van der Waals surface area contributed by atoms with Crippen molar-refractivity contribution in [3.8, 4) is 17.1 Å². The van der Waals surface area contributed by atoms with Gasteiger partial charge in [0.2, 0.25) is 0 Å². The summed E-state index contributed by atoms with van der Waals surface area (Å²) in [6.45, 7) is 6.49. The highest BCUT2D eigenvalue weighted by atomic mass is 16.5. The Labute approximate surface area is 226 Å². The van der Waals surface area contributed by atoms with Crippen LogP contribution in [0.15, 0.2) is 30.6 Å². The molecule has 0 radical (unpaired) electrons. The van der Waals surface area contributed by atoms with Gasteiger partial charge in [0.05, 0.1) is 11.2 Å². The van der Waals surface area contributed by atoms with Gasteiger partial charge in [-0.2, -0.15) is 5.10 Å². The fourth-order valence-corrected chi connectivity index (χ4v) is 7.35. The summed E-state index contributed by atoms with van der Waals surface area (Å²) in [5.74, 6) is 3.88. The largest absolute Gasteiger partial charge is 0.488 e. The van der Waals surface area contributed by atoms with Crippen LogP contribution >= 0.6 is 0 Å². The van der Waals surface area contributed by atoms with Crippen molar-refractivity contribution in [3.63, 3.8) is 0 Å². The zero-order chi connectivity index (χ0) is 25.5. The molecule has 0 amide bonds. The number of ether oxygens (including phenoxy) is 1. The van der Waals surface area contributed by atoms with E-state index in [0.717, 1.165) is 90.8 Å². The molecule has 2 unspecified atom stereocenters. The van der Waals surface area contributed by atoms with Gasteiger partial charge >= 0.3 is 0 Å². The predicted octanol–water partition coefficient (Wildman–Crippen LogP) is 6.21. The van der Waals surface area contributed by atoms with Gasteiger partial charge < -0.3 is 9.64 Å². The number of aromatic nitrogens is 4. The van der Waals surface area contributed by atoms with Gasteiger partial charge in [0.1, 0.15) is 29.2 Å². The molecule has 3 heterocycles. The number of hydrogen-bond acceptors (Lipinski definition) is 6. The Morgan fingerprint density at radius 1 is 0.895 bits per heavy atom. The van der Waals surface area contributed by atoms with E-state index in [9.17, 15) is 0 Å². The third-order valence-electron chi connectivity index (χ3n) is 9.91. The number of anilines is 1. The molecule has 1 saturated heterocycles. The highest BCUT2D eigenvalue weighted by molar-refractivity contribution is 5.93. The molecule has 202 valence electrons. The topological polar surface area (TPSA) is 70.2 Å². The van der Waals surface area contributed by atoms with Crippen LogP contribution in [0, 0.1) is 11.8 Å². The maximum Gasteiger partial charge on any atom is 0.132 e. The Morgan fingerprint density at radius 2 is 1.71 bits per heavy atom. The molecule has 4 fully saturated rings. The van der Waals surface area contributed by atoms with Crippen LogP contribution in [-0.2, 0) is 0 Å². The van der Waals surface area contributed by atoms with E-state index in [4.69, 9.17) is 4.74 Å². The maximum atomic E-state index is 6.21. The second-order valence-electron chi connectivity index (χ2n) is 12.6. The molecule has 3 saturated carbocycles. The minimum atomic E-state index is -0.00375. The summed E-state index contributed by atoms with van der Waals surface area (Å²) in [6, 6.07) is 9.08. The summed E-state index contributed by atoms with van der Waals surface area (Å²) in [5, 5.41) is 8.85. The SMILES string of the molecule is CC1(Oc2ccc3[nH]nc(-c4cc(N5CCN(C6CCCC(C7CCCCC7)C6)CC5)ncn4)c3c2)CC1. The molecule has 1 aromatic carbocycles. The standard InChI is InChI=1S/C31H42N6O/c1-31(12-13-31)38-25-10-11-27-26(19-25)30(35-34-27)28-20-29(33-21-32-28)37-16-14-36(15-17-37)24-9-5-8-23(18-24)22-6-3-2-4-7-22/h10-11,19-24H,2-9,12-18H2,1H3,(H,34,35). The molecule has 7 nitrogen and oxygen atoms in total. The number of aromatic amines is 1. The van der Waals surface area contributed by atoms with Crippen molar-refractivity contribution in [3.05, 3.63) is 30.6 Å². The summed E-state index contributed by atoms with van der Waals surface area (Å²) < 4.78 is 6.21. The van der Waals surface area contributed by atoms with Crippen molar-refractivity contribution < 1.29 is 4.74 Å². The van der Waals surface area contributed by atoms with Crippen molar-refractivity contribution >= 4 is 16.7 Å². The molecule has 1 aliphatic heterocycles. The van der Waals surface area contributed by atoms with E-state index >= 15 is 0 Å². The normalized spacial score (nSPS) is 26.5. The number of hydrogen-bond donors (Lipinski definition) is 1. The number of nitrogens with one attached hydrogen (secondary N) is 1. The molecular formula is C31H42N6O. The number of fused-ring (bicyclic) bond motifs is 1. The maximum absolute atomic E-state index is 6.21. The van der Waals surface area contributed by atoms with Crippen molar-refractivity contribution in [1.82, 2.24) is 25.1 Å². The summed E-state index contributed by atoms with van der Waals surface area (Å²) in [7, 11) is 0. The van der Waals surface area contributed by atoms with E-state index in [2.05, 4.69) is 55.1 Å². The molecule has 38 heavy (non-hydrogen) atoms. The Kier molecular flexibility index (Phi) is 6.50. The summed E-state index contributed by atoms with van der Waals surface area (Å²) in [5.41, 5.74) is 2.72. The molecule has 3 aliphatic carbocycles. The van der Waals surface area contributed by atoms with Gasteiger partial charge in [0, 0.05) is 43.7 Å². The molecular weight excluding hydrogens is 472 g/mol. The fraction of sp³-hybridized carbons (Fsp3) is 0.645. The molecule has 0 spiro atoms. The van der Waals surface area contributed by atoms with E-state index in [-0.39, 0.29) is 5.60 Å². The third kappa shape index (κ3) is 5.02. The number of piperazine rings is 1. The number of benzene rings is 1. The smallest absolute Gasteiger partial charge is 0.132 e. The first-order valence-corrected chi connectivity index (χ1v) is 15.1. The quantitative estimate of drug-likeness (QED) is 0.422. The van der Waals surface area contributed by atoms with Crippen LogP contribution in [0.5, 0.6) is 5.75 Å². The fourth-order valence-electron chi connectivity index (χ4n) is 7.35. The van der Waals surface area contributed by atoms with Crippen LogP contribution in [0.25, 0.3) is 22.3 Å². The zero-order valence-electron chi connectivity index (χ0n) is 22.9. The van der Waals surface area contributed by atoms with Crippen LogP contribution in [0.3, 0.4) is 0 Å². The second kappa shape index (κ2) is 10.1. The van der Waals surface area contributed by atoms with Crippen LogP contribution in [0.1, 0.15) is 77.6 Å². The minimum Gasteiger partial charge on any atom is -0.488 e. The molecule has 7 heteroatoms. The lowest BCUT2D eigenvalue weighted by Crippen LogP contribution is -2.52. The number of H-pyrrole nitrogens is 1. The van der Waals surface area contributed by atoms with Crippen molar-refractivity contribution in [2.45, 2.75) is 89.2 Å². The average Bonchev–Trinajstić information content (AvgIpc) is 3.55. The van der Waals surface area contributed by atoms with Gasteiger partial charge in [-0.25, -0.2) is 9.97 Å². The van der Waals surface area contributed by atoms with Gasteiger partial charge in [-0.15, -0.1) is 0 Å². The lowest BCUT2D eigenvalue weighted by molar-refractivity contribution is 0.0908. The summed E-state index contributed by atoms with van der Waals surface area (Å²) in [4.78, 5) is 14.5. The first kappa shape index (κ1) is 24.4. The van der Waals surface area contributed by atoms with E-state index in [1.807, 2.05) is 6.07 Å². The Bertz CT molecular complexity index is 1250. The Morgan fingerprint density at radius 3 is 2.53 bits per heavy atom. The molecule has 3 aromatic rings. The van der Waals surface area contributed by atoms with Crippen molar-refractivity contribution in [1.29, 1.82) is 0 Å². The lowest BCUT2D eigenvalue weighted by atomic mass is 9.72. The van der Waals surface area contributed by atoms with E-state index < -0.39 is 0 Å². The van der Waals surface area contributed by atoms with E-state index in [1.54, 1.807) is 6.33 Å². The number of nitrogens with zero attached hydrogens (tertiary/aromatic N) is 5. The van der Waals surface area contributed by atoms with E-state index in [0.29, 0.717) is 0 Å². The molecule has 2 aromatic heterocycles. The highest BCUT2D eigenvalue weighted by Gasteiger charge is 2.40. The van der Waals surface area contributed by atoms with Crippen LogP contribution in [-0.4, -0.2) is 62.9 Å². The van der Waals surface area contributed by atoms with Crippen LogP contribution in [0.2, 0.25) is 0 Å². The second-order valence-corrected chi connectivity index (χ2v) is 12.6. The van der Waals surface area contributed by atoms with Crippen molar-refractivity contribution in [2.75, 3.05) is 31.1 Å². The van der Waals surface area contributed by atoms with Gasteiger partial charge in [0.25, 0.3) is 0 Å². The van der Waals surface area contributed by atoms with Crippen LogP contribution < -0.4 is 9.64 Å². The van der Waals surface area contributed by atoms with Gasteiger partial charge in [0.15, 0.2) is 0 Å². The highest BCUT2D eigenvalue weighted by Crippen LogP contribution is 2.41. The van der Waals surface area contributed by atoms with E-state index in [1.165, 1.54) is 57.8 Å². The molecule has 1 N–H and O–H groups in total. The van der Waals surface area contributed by atoms with Crippen molar-refractivity contribution in [2.24, 2.45) is 11.8 Å². The molecule has 7 rings (SSSR count). The first-order chi connectivity index (χ1) is 18.6. The zero-order valence-corrected chi connectivity index (χ0v) is 22.9. The monoisotopic (exact) mass is 514 g/mol. The molecule has 4 aliphatic rings. The lowest BCUT2D eigenvalue weighted by Gasteiger charge is -2.44. The minimum absolute atomic E-state index is 0.00375. The molecule has 2 atom stereocenters. The van der Waals surface area contributed by atoms with Gasteiger partial charge in [-0.3, -0.25) is 10.00 Å². The van der Waals surface area contributed by atoms with Crippen LogP contribution in [0.4, 0.5) is 5.82 Å². The van der Waals surface area contributed by atoms with Gasteiger partial charge in [-0.05, 0) is 62.6 Å². The predicted molar refractivity (Wildman–Crippen MR) is 151 cm³/mol. The third-order valence-corrected chi connectivity index (χ3v) is 9.91. The summed E-state index contributed by atoms with van der Waals surface area (Å²) >= 11 is 0. The Balaban J connectivity index is 1.02. The first-order valence-electron chi connectivity index (χ1n) is 15.1. The number of rotatable bonds is 6.